The van der Waals surface area contributed by atoms with Crippen molar-refractivity contribution in [1.82, 2.24) is 16.0 Å². The zero-order chi connectivity index (χ0) is 19.9. The molecule has 0 aliphatic carbocycles. The maximum atomic E-state index is 6.26. The van der Waals surface area contributed by atoms with E-state index >= 15 is 0 Å². The van der Waals surface area contributed by atoms with Crippen LogP contribution in [0, 0.1) is 5.92 Å². The van der Waals surface area contributed by atoms with Crippen molar-refractivity contribution >= 4 is 0 Å². The molecule has 3 N–H and O–H groups in total. The normalized spacial score (nSPS) is 26.8. The van der Waals surface area contributed by atoms with Crippen molar-refractivity contribution in [2.24, 2.45) is 5.92 Å². The molecule has 29 heavy (non-hydrogen) atoms. The van der Waals surface area contributed by atoms with Gasteiger partial charge in [0.2, 0.25) is 0 Å². The second kappa shape index (κ2) is 10.4. The van der Waals surface area contributed by atoms with Crippen LogP contribution in [0.1, 0.15) is 31.7 Å². The Bertz CT molecular complexity index is 727. The van der Waals surface area contributed by atoms with Crippen molar-refractivity contribution in [3.05, 3.63) is 60.2 Å². The molecule has 0 spiro atoms. The lowest BCUT2D eigenvalue weighted by molar-refractivity contribution is 0.0111. The van der Waals surface area contributed by atoms with Crippen LogP contribution in [-0.4, -0.2) is 44.6 Å². The van der Waals surface area contributed by atoms with E-state index in [0.717, 1.165) is 19.5 Å². The molecule has 2 saturated heterocycles. The van der Waals surface area contributed by atoms with Crippen molar-refractivity contribution in [2.75, 3.05) is 26.4 Å². The third-order valence-corrected chi connectivity index (χ3v) is 6.39. The summed E-state index contributed by atoms with van der Waals surface area (Å²) in [4.78, 5) is 0. The molecule has 0 bridgehead atoms. The predicted molar refractivity (Wildman–Crippen MR) is 120 cm³/mol. The van der Waals surface area contributed by atoms with Crippen molar-refractivity contribution < 1.29 is 4.74 Å². The molecule has 0 radical (unpaired) electrons. The van der Waals surface area contributed by atoms with Crippen molar-refractivity contribution in [1.29, 1.82) is 0 Å². The van der Waals surface area contributed by atoms with Crippen molar-refractivity contribution in [3.8, 4) is 11.1 Å². The highest BCUT2D eigenvalue weighted by atomic mass is 16.5. The predicted octanol–water partition coefficient (Wildman–Crippen LogP) is 3.58. The van der Waals surface area contributed by atoms with Gasteiger partial charge in [0.15, 0.2) is 0 Å². The average Bonchev–Trinajstić information content (AvgIpc) is 3.40. The molecule has 4 heteroatoms. The van der Waals surface area contributed by atoms with Gasteiger partial charge < -0.3 is 15.4 Å². The number of rotatable bonds is 9. The van der Waals surface area contributed by atoms with E-state index in [2.05, 4.69) is 77.5 Å². The summed E-state index contributed by atoms with van der Waals surface area (Å²) < 4.78 is 6.26. The Balaban J connectivity index is 1.25. The molecule has 4 nitrogen and oxygen atoms in total. The van der Waals surface area contributed by atoms with Crippen LogP contribution < -0.4 is 16.0 Å². The third kappa shape index (κ3) is 5.67. The van der Waals surface area contributed by atoms with E-state index in [1.165, 1.54) is 42.5 Å². The Kier molecular flexibility index (Phi) is 7.33. The maximum absolute atomic E-state index is 6.26. The van der Waals surface area contributed by atoms with Crippen LogP contribution in [0.5, 0.6) is 0 Å². The lowest BCUT2D eigenvalue weighted by atomic mass is 9.96. The van der Waals surface area contributed by atoms with Gasteiger partial charge in [-0.2, -0.15) is 0 Å². The van der Waals surface area contributed by atoms with Gasteiger partial charge in [-0.25, -0.2) is 0 Å². The fourth-order valence-corrected chi connectivity index (χ4v) is 4.66. The van der Waals surface area contributed by atoms with Gasteiger partial charge in [0.25, 0.3) is 0 Å². The molecule has 0 amide bonds. The Morgan fingerprint density at radius 2 is 1.79 bits per heavy atom. The zero-order valence-electron chi connectivity index (χ0n) is 17.6. The fraction of sp³-hybridized carbons (Fsp3) is 0.520. The Labute approximate surface area is 175 Å². The van der Waals surface area contributed by atoms with Crippen LogP contribution in [0.25, 0.3) is 11.1 Å². The second-order valence-electron chi connectivity index (χ2n) is 8.62. The van der Waals surface area contributed by atoms with Gasteiger partial charge in [0.05, 0.1) is 12.8 Å². The average molecular weight is 394 g/mol. The highest BCUT2D eigenvalue weighted by Crippen LogP contribution is 2.23. The minimum atomic E-state index is 0.265. The molecule has 4 atom stereocenters. The van der Waals surface area contributed by atoms with E-state index in [-0.39, 0.29) is 6.10 Å². The Morgan fingerprint density at radius 3 is 2.55 bits per heavy atom. The van der Waals surface area contributed by atoms with Gasteiger partial charge in [-0.05, 0) is 61.4 Å². The Hall–Kier alpha value is -1.72. The van der Waals surface area contributed by atoms with Gasteiger partial charge in [-0.15, -0.1) is 0 Å². The molecule has 0 unspecified atom stereocenters. The third-order valence-electron chi connectivity index (χ3n) is 6.39. The fourth-order valence-electron chi connectivity index (χ4n) is 4.66. The van der Waals surface area contributed by atoms with E-state index in [1.54, 1.807) is 0 Å². The molecule has 0 saturated carbocycles. The largest absolute Gasteiger partial charge is 0.361 e. The number of benzene rings is 2. The van der Waals surface area contributed by atoms with Crippen LogP contribution in [-0.2, 0) is 11.2 Å². The Morgan fingerprint density at radius 1 is 1.00 bits per heavy atom. The first-order chi connectivity index (χ1) is 14.3. The van der Waals surface area contributed by atoms with Gasteiger partial charge >= 0.3 is 0 Å². The van der Waals surface area contributed by atoms with Crippen LogP contribution in [0.2, 0.25) is 0 Å². The van der Waals surface area contributed by atoms with E-state index in [9.17, 15) is 0 Å². The first kappa shape index (κ1) is 20.5. The summed E-state index contributed by atoms with van der Waals surface area (Å²) in [5.41, 5.74) is 3.91. The summed E-state index contributed by atoms with van der Waals surface area (Å²) in [6.07, 6.45) is 5.10. The topological polar surface area (TPSA) is 45.3 Å². The number of ether oxygens (including phenoxy) is 1. The van der Waals surface area contributed by atoms with Crippen LogP contribution in [0.15, 0.2) is 54.6 Å². The number of hydrogen-bond donors (Lipinski definition) is 3. The maximum Gasteiger partial charge on any atom is 0.0970 e. The highest BCUT2D eigenvalue weighted by Gasteiger charge is 2.33. The van der Waals surface area contributed by atoms with Gasteiger partial charge in [-0.1, -0.05) is 61.5 Å². The van der Waals surface area contributed by atoms with Crippen LogP contribution in [0.4, 0.5) is 0 Å². The molecular weight excluding hydrogens is 358 g/mol. The van der Waals surface area contributed by atoms with Crippen LogP contribution >= 0.6 is 0 Å². The highest BCUT2D eigenvalue weighted by molar-refractivity contribution is 5.63. The standard InChI is InChI=1S/C25H35N3O/c1-19-17-28-24(25(19)29-18-26-15-13-23-8-5-14-27-23)16-20-9-11-22(12-10-20)21-6-3-2-4-7-21/h2-4,6-7,9-12,19,23-28H,5,8,13-18H2,1H3/t19-,23-,24+,25+/m0/s1. The molecule has 156 valence electrons. The molecule has 2 fully saturated rings. The molecular formula is C25H35N3O. The quantitative estimate of drug-likeness (QED) is 0.450. The first-order valence-corrected chi connectivity index (χ1v) is 11.2. The molecule has 4 rings (SSSR count). The summed E-state index contributed by atoms with van der Waals surface area (Å²) >= 11 is 0. The summed E-state index contributed by atoms with van der Waals surface area (Å²) in [6, 6.07) is 20.6. The van der Waals surface area contributed by atoms with Gasteiger partial charge in [-0.3, -0.25) is 5.32 Å². The SMILES string of the molecule is C[C@H]1CN[C@H](Cc2ccc(-c3ccccc3)cc2)[C@@H]1OCNCC[C@@H]1CCCN1. The zero-order valence-corrected chi connectivity index (χ0v) is 17.6. The van der Waals surface area contributed by atoms with Crippen molar-refractivity contribution in [3.63, 3.8) is 0 Å². The van der Waals surface area contributed by atoms with E-state index < -0.39 is 0 Å². The molecule has 2 aliphatic heterocycles. The van der Waals surface area contributed by atoms with Crippen LogP contribution in [0.3, 0.4) is 0 Å². The minimum absolute atomic E-state index is 0.265. The smallest absolute Gasteiger partial charge is 0.0970 e. The molecule has 2 aliphatic rings. The van der Waals surface area contributed by atoms with Crippen molar-refractivity contribution in [2.45, 2.75) is 50.8 Å². The molecule has 2 aromatic carbocycles. The number of nitrogens with one attached hydrogen (secondary N) is 3. The first-order valence-electron chi connectivity index (χ1n) is 11.2. The van der Waals surface area contributed by atoms with Gasteiger partial charge in [0, 0.05) is 18.6 Å². The molecule has 2 heterocycles. The minimum Gasteiger partial charge on any atom is -0.361 e. The van der Waals surface area contributed by atoms with E-state index in [4.69, 9.17) is 4.74 Å². The molecule has 2 aromatic rings. The summed E-state index contributed by atoms with van der Waals surface area (Å²) in [5, 5.41) is 10.7. The summed E-state index contributed by atoms with van der Waals surface area (Å²) in [5.74, 6) is 0.543. The lowest BCUT2D eigenvalue weighted by Gasteiger charge is -2.23. The van der Waals surface area contributed by atoms with E-state index in [1.807, 2.05) is 0 Å². The summed E-state index contributed by atoms with van der Waals surface area (Å²) in [7, 11) is 0. The van der Waals surface area contributed by atoms with E-state index in [0.29, 0.717) is 24.7 Å². The second-order valence-corrected chi connectivity index (χ2v) is 8.62. The molecule has 0 aromatic heterocycles. The lowest BCUT2D eigenvalue weighted by Crippen LogP contribution is -2.38. The van der Waals surface area contributed by atoms with Gasteiger partial charge in [0.1, 0.15) is 0 Å². The monoisotopic (exact) mass is 393 g/mol. The summed E-state index contributed by atoms with van der Waals surface area (Å²) in [6.45, 7) is 6.17. The number of hydrogen-bond acceptors (Lipinski definition) is 4.